The molecule has 1 aromatic carbocycles. The third kappa shape index (κ3) is 4.45. The quantitative estimate of drug-likeness (QED) is 0.581. The fourth-order valence-corrected chi connectivity index (χ4v) is 4.01. The number of nitrogens with zero attached hydrogens (tertiary/aromatic N) is 6. The van der Waals surface area contributed by atoms with E-state index in [9.17, 15) is 4.79 Å². The number of hydrogen-bond acceptors (Lipinski definition) is 6. The Hall–Kier alpha value is -2.84. The molecular formula is C21H22Cl2N6O2. The van der Waals surface area contributed by atoms with Crippen LogP contribution in [0.25, 0.3) is 11.5 Å². The standard InChI is InChI=1S/C21H22Cl2N6O2/c1-14-19(23)20(21-24-6-3-7-25-21)29(26-14)13-18(30)28-10-8-27(9-11-28)15-4-5-16(22)17(12-15)31-2/h3-7,12H,8-11,13H2,1-2H3. The molecule has 2 aromatic heterocycles. The average Bonchev–Trinajstić information content (AvgIpc) is 3.07. The molecule has 0 aliphatic carbocycles. The number of piperazine rings is 1. The number of aromatic nitrogens is 4. The summed E-state index contributed by atoms with van der Waals surface area (Å²) >= 11 is 12.5. The molecule has 31 heavy (non-hydrogen) atoms. The highest BCUT2D eigenvalue weighted by molar-refractivity contribution is 6.33. The second-order valence-corrected chi connectivity index (χ2v) is 7.95. The molecular weight excluding hydrogens is 439 g/mol. The van der Waals surface area contributed by atoms with Gasteiger partial charge in [0, 0.05) is 50.3 Å². The molecule has 0 bridgehead atoms. The molecule has 3 aromatic rings. The molecule has 162 valence electrons. The predicted octanol–water partition coefficient (Wildman–Crippen LogP) is 3.31. The Morgan fingerprint density at radius 2 is 1.84 bits per heavy atom. The maximum Gasteiger partial charge on any atom is 0.244 e. The summed E-state index contributed by atoms with van der Waals surface area (Å²) in [5.41, 5.74) is 2.21. The summed E-state index contributed by atoms with van der Waals surface area (Å²) in [6, 6.07) is 7.43. The first kappa shape index (κ1) is 21.4. The van der Waals surface area contributed by atoms with E-state index >= 15 is 0 Å². The van der Waals surface area contributed by atoms with E-state index in [1.807, 2.05) is 23.1 Å². The zero-order valence-electron chi connectivity index (χ0n) is 17.3. The van der Waals surface area contributed by atoms with Crippen molar-refractivity contribution in [2.45, 2.75) is 13.5 Å². The number of anilines is 1. The van der Waals surface area contributed by atoms with E-state index in [0.29, 0.717) is 59.2 Å². The minimum absolute atomic E-state index is 0.0234. The zero-order valence-corrected chi connectivity index (χ0v) is 18.8. The molecule has 1 amide bonds. The summed E-state index contributed by atoms with van der Waals surface area (Å²) in [5, 5.41) is 5.47. The first-order valence-corrected chi connectivity index (χ1v) is 10.6. The van der Waals surface area contributed by atoms with E-state index < -0.39 is 0 Å². The Balaban J connectivity index is 1.44. The van der Waals surface area contributed by atoms with Gasteiger partial charge in [-0.05, 0) is 25.1 Å². The van der Waals surface area contributed by atoms with Crippen molar-refractivity contribution in [2.24, 2.45) is 0 Å². The molecule has 0 unspecified atom stereocenters. The molecule has 1 aliphatic rings. The van der Waals surface area contributed by atoms with Crippen LogP contribution in [-0.2, 0) is 11.3 Å². The lowest BCUT2D eigenvalue weighted by atomic mass is 10.2. The molecule has 0 saturated carbocycles. The number of amides is 1. The highest BCUT2D eigenvalue weighted by atomic mass is 35.5. The summed E-state index contributed by atoms with van der Waals surface area (Å²) in [5.74, 6) is 1.06. The van der Waals surface area contributed by atoms with Crippen LogP contribution in [0, 0.1) is 6.92 Å². The van der Waals surface area contributed by atoms with Crippen LogP contribution in [-0.4, -0.2) is 63.8 Å². The molecule has 8 nitrogen and oxygen atoms in total. The number of carbonyl (C=O) groups is 1. The summed E-state index contributed by atoms with van der Waals surface area (Å²) in [6.07, 6.45) is 3.27. The summed E-state index contributed by atoms with van der Waals surface area (Å²) in [4.78, 5) is 25.6. The van der Waals surface area contributed by atoms with Gasteiger partial charge in [0.15, 0.2) is 5.82 Å². The molecule has 3 heterocycles. The van der Waals surface area contributed by atoms with Crippen molar-refractivity contribution in [1.29, 1.82) is 0 Å². The van der Waals surface area contributed by atoms with Gasteiger partial charge in [-0.2, -0.15) is 5.10 Å². The van der Waals surface area contributed by atoms with Gasteiger partial charge in [-0.1, -0.05) is 23.2 Å². The van der Waals surface area contributed by atoms with Crippen LogP contribution in [0.3, 0.4) is 0 Å². The van der Waals surface area contributed by atoms with Crippen LogP contribution in [0.4, 0.5) is 5.69 Å². The van der Waals surface area contributed by atoms with E-state index in [2.05, 4.69) is 20.0 Å². The minimum atomic E-state index is -0.0234. The second kappa shape index (κ2) is 9.11. The Bertz CT molecular complexity index is 1080. The molecule has 1 fully saturated rings. The maximum absolute atomic E-state index is 13.0. The van der Waals surface area contributed by atoms with E-state index in [1.54, 1.807) is 37.2 Å². The van der Waals surface area contributed by atoms with Crippen LogP contribution >= 0.6 is 23.2 Å². The normalized spacial score (nSPS) is 14.1. The molecule has 4 rings (SSSR count). The van der Waals surface area contributed by atoms with Crippen LogP contribution in [0.1, 0.15) is 5.69 Å². The third-order valence-electron chi connectivity index (χ3n) is 5.25. The fraction of sp³-hybridized carbons (Fsp3) is 0.333. The summed E-state index contributed by atoms with van der Waals surface area (Å²) < 4.78 is 6.90. The van der Waals surface area contributed by atoms with Crippen LogP contribution in [0.15, 0.2) is 36.7 Å². The Labute approximate surface area is 190 Å². The minimum Gasteiger partial charge on any atom is -0.495 e. The van der Waals surface area contributed by atoms with E-state index in [1.165, 1.54) is 0 Å². The second-order valence-electron chi connectivity index (χ2n) is 7.16. The number of halogens is 2. The first-order valence-electron chi connectivity index (χ1n) is 9.84. The highest BCUT2D eigenvalue weighted by Crippen LogP contribution is 2.30. The molecule has 0 N–H and O–H groups in total. The van der Waals surface area contributed by atoms with Crippen LogP contribution < -0.4 is 9.64 Å². The smallest absolute Gasteiger partial charge is 0.244 e. The molecule has 0 spiro atoms. The van der Waals surface area contributed by atoms with Crippen molar-refractivity contribution in [3.8, 4) is 17.3 Å². The monoisotopic (exact) mass is 460 g/mol. The number of carbonyl (C=O) groups excluding carboxylic acids is 1. The molecule has 0 radical (unpaired) electrons. The van der Waals surface area contributed by atoms with Crippen molar-refractivity contribution in [3.05, 3.63) is 52.4 Å². The topological polar surface area (TPSA) is 76.4 Å². The third-order valence-corrected chi connectivity index (χ3v) is 6.01. The number of aryl methyl sites for hydroxylation is 1. The number of hydrogen-bond donors (Lipinski definition) is 0. The molecule has 0 atom stereocenters. The predicted molar refractivity (Wildman–Crippen MR) is 120 cm³/mol. The molecule has 1 aliphatic heterocycles. The van der Waals surface area contributed by atoms with Gasteiger partial charge in [0.2, 0.25) is 5.91 Å². The summed E-state index contributed by atoms with van der Waals surface area (Å²) in [6.45, 7) is 4.52. The lowest BCUT2D eigenvalue weighted by Crippen LogP contribution is -2.49. The zero-order chi connectivity index (χ0) is 22.0. The van der Waals surface area contributed by atoms with Gasteiger partial charge in [-0.25, -0.2) is 9.97 Å². The van der Waals surface area contributed by atoms with Gasteiger partial charge < -0.3 is 14.5 Å². The van der Waals surface area contributed by atoms with Crippen molar-refractivity contribution < 1.29 is 9.53 Å². The van der Waals surface area contributed by atoms with Crippen molar-refractivity contribution in [1.82, 2.24) is 24.6 Å². The van der Waals surface area contributed by atoms with Crippen LogP contribution in [0.5, 0.6) is 5.75 Å². The molecule has 1 saturated heterocycles. The van der Waals surface area contributed by atoms with Crippen LogP contribution in [0.2, 0.25) is 10.0 Å². The fourth-order valence-electron chi connectivity index (χ4n) is 3.60. The van der Waals surface area contributed by atoms with Gasteiger partial charge in [0.1, 0.15) is 18.0 Å². The Kier molecular flexibility index (Phi) is 6.29. The van der Waals surface area contributed by atoms with Gasteiger partial charge >= 0.3 is 0 Å². The number of methoxy groups -OCH3 is 1. The Morgan fingerprint density at radius 1 is 1.13 bits per heavy atom. The highest BCUT2D eigenvalue weighted by Gasteiger charge is 2.25. The van der Waals surface area contributed by atoms with E-state index in [0.717, 1.165) is 5.69 Å². The van der Waals surface area contributed by atoms with Crippen molar-refractivity contribution in [2.75, 3.05) is 38.2 Å². The largest absolute Gasteiger partial charge is 0.495 e. The van der Waals surface area contributed by atoms with Gasteiger partial charge in [0.05, 0.1) is 22.8 Å². The number of benzene rings is 1. The summed E-state index contributed by atoms with van der Waals surface area (Å²) in [7, 11) is 1.60. The first-order chi connectivity index (χ1) is 15.0. The van der Waals surface area contributed by atoms with E-state index in [-0.39, 0.29) is 12.5 Å². The lowest BCUT2D eigenvalue weighted by molar-refractivity contribution is -0.132. The SMILES string of the molecule is COc1cc(N2CCN(C(=O)Cn3nc(C)c(Cl)c3-c3ncccn3)CC2)ccc1Cl. The van der Waals surface area contributed by atoms with Gasteiger partial charge in [0.25, 0.3) is 0 Å². The lowest BCUT2D eigenvalue weighted by Gasteiger charge is -2.36. The Morgan fingerprint density at radius 3 is 2.52 bits per heavy atom. The van der Waals surface area contributed by atoms with Gasteiger partial charge in [-0.15, -0.1) is 0 Å². The van der Waals surface area contributed by atoms with Crippen molar-refractivity contribution >= 4 is 34.8 Å². The molecule has 10 heteroatoms. The van der Waals surface area contributed by atoms with Gasteiger partial charge in [-0.3, -0.25) is 9.48 Å². The maximum atomic E-state index is 13.0. The number of rotatable bonds is 5. The average molecular weight is 461 g/mol. The van der Waals surface area contributed by atoms with Crippen molar-refractivity contribution in [3.63, 3.8) is 0 Å². The van der Waals surface area contributed by atoms with E-state index in [4.69, 9.17) is 27.9 Å². The number of ether oxygens (including phenoxy) is 1.